The minimum absolute atomic E-state index is 0.129. The zero-order valence-electron chi connectivity index (χ0n) is 31.3. The molecule has 0 amide bonds. The van der Waals surface area contributed by atoms with Crippen LogP contribution >= 0.6 is 11.8 Å². The Bertz CT molecular complexity index is 1770. The first-order valence-electron chi connectivity index (χ1n) is 17.5. The van der Waals surface area contributed by atoms with E-state index in [1.165, 1.54) is 52.0 Å². The van der Waals surface area contributed by atoms with Crippen LogP contribution in [0.15, 0.2) is 82.6 Å². The maximum Gasteiger partial charge on any atom is 0.335 e. The van der Waals surface area contributed by atoms with Gasteiger partial charge in [0.15, 0.2) is 0 Å². The molecule has 50 heavy (non-hydrogen) atoms. The number of hydrogen-bond acceptors (Lipinski definition) is 4. The summed E-state index contributed by atoms with van der Waals surface area (Å²) < 4.78 is 6.08. The lowest BCUT2D eigenvalue weighted by molar-refractivity contribution is 0.0686. The fraction of sp³-hybridized carbons (Fsp3) is 0.409. The van der Waals surface area contributed by atoms with E-state index in [1.54, 1.807) is 48.2 Å². The molecule has 4 aromatic rings. The highest BCUT2D eigenvalue weighted by Gasteiger charge is 2.38. The third kappa shape index (κ3) is 7.81. The zero-order valence-corrected chi connectivity index (χ0v) is 32.1. The van der Waals surface area contributed by atoms with E-state index >= 15 is 0 Å². The highest BCUT2D eigenvalue weighted by atomic mass is 32.2. The number of carboxylic acid groups (broad SMARTS) is 2. The first-order chi connectivity index (χ1) is 23.2. The third-order valence-electron chi connectivity index (χ3n) is 11.0. The Hall–Kier alpha value is -4.03. The second-order valence-corrected chi connectivity index (χ2v) is 17.8. The summed E-state index contributed by atoms with van der Waals surface area (Å²) in [5.74, 6) is -0.320. The van der Waals surface area contributed by atoms with Gasteiger partial charge in [-0.25, -0.2) is 9.59 Å². The van der Waals surface area contributed by atoms with Crippen LogP contribution in [0.2, 0.25) is 0 Å². The van der Waals surface area contributed by atoms with Crippen molar-refractivity contribution in [2.45, 2.75) is 126 Å². The predicted molar refractivity (Wildman–Crippen MR) is 204 cm³/mol. The van der Waals surface area contributed by atoms with Crippen LogP contribution in [0.25, 0.3) is 0 Å². The van der Waals surface area contributed by atoms with E-state index < -0.39 is 11.9 Å². The standard InChI is InChI=1S/C22H26O3.C22H26O2S/c2*1-14-12-17-18(22(4,5)11-10-21(17,2)3)13-19(14)25-16-8-6-15(7-9-16)20(23)24/h2*6-9,12-13H,10-11H2,1-5H3,(H,23,24). The van der Waals surface area contributed by atoms with Gasteiger partial charge < -0.3 is 14.9 Å². The number of carboxylic acids is 2. The second-order valence-electron chi connectivity index (χ2n) is 16.7. The van der Waals surface area contributed by atoms with Crippen LogP contribution in [0.3, 0.4) is 0 Å². The molecular formula is C44H52O5S. The van der Waals surface area contributed by atoms with Crippen LogP contribution in [-0.4, -0.2) is 22.2 Å². The van der Waals surface area contributed by atoms with Gasteiger partial charge in [-0.2, -0.15) is 0 Å². The number of aromatic carboxylic acids is 2. The van der Waals surface area contributed by atoms with Gasteiger partial charge in [-0.3, -0.25) is 0 Å². The number of ether oxygens (including phenoxy) is 1. The average molecular weight is 693 g/mol. The molecule has 0 spiro atoms. The molecule has 4 aromatic carbocycles. The van der Waals surface area contributed by atoms with Gasteiger partial charge in [0.05, 0.1) is 11.1 Å². The Labute approximate surface area is 302 Å². The van der Waals surface area contributed by atoms with Gasteiger partial charge in [0, 0.05) is 9.79 Å². The third-order valence-corrected chi connectivity index (χ3v) is 12.1. The molecule has 0 radical (unpaired) electrons. The van der Waals surface area contributed by atoms with Gasteiger partial charge in [0.25, 0.3) is 0 Å². The molecule has 0 fully saturated rings. The molecule has 2 aliphatic carbocycles. The largest absolute Gasteiger partial charge is 0.478 e. The molecule has 0 aliphatic heterocycles. The summed E-state index contributed by atoms with van der Waals surface area (Å²) in [5.41, 5.74) is 9.41. The lowest BCUT2D eigenvalue weighted by atomic mass is 9.63. The molecule has 6 rings (SSSR count). The Morgan fingerprint density at radius 3 is 1.38 bits per heavy atom. The van der Waals surface area contributed by atoms with Crippen LogP contribution in [-0.2, 0) is 21.7 Å². The monoisotopic (exact) mass is 692 g/mol. The molecule has 0 atom stereocenters. The average Bonchev–Trinajstić information content (AvgIpc) is 3.04. The van der Waals surface area contributed by atoms with Gasteiger partial charge in [0.1, 0.15) is 11.5 Å². The Balaban J connectivity index is 0.000000194. The molecule has 0 heterocycles. The van der Waals surface area contributed by atoms with Crippen molar-refractivity contribution >= 4 is 23.7 Å². The molecule has 5 nitrogen and oxygen atoms in total. The van der Waals surface area contributed by atoms with E-state index in [2.05, 4.69) is 93.5 Å². The summed E-state index contributed by atoms with van der Waals surface area (Å²) in [4.78, 5) is 24.3. The van der Waals surface area contributed by atoms with Crippen molar-refractivity contribution in [2.75, 3.05) is 0 Å². The summed E-state index contributed by atoms with van der Waals surface area (Å²) in [5, 5.41) is 18.0. The van der Waals surface area contributed by atoms with Crippen LogP contribution < -0.4 is 4.74 Å². The number of aryl methyl sites for hydroxylation is 2. The maximum atomic E-state index is 11.0. The predicted octanol–water partition coefficient (Wildman–Crippen LogP) is 12.0. The number of carbonyl (C=O) groups is 2. The summed E-state index contributed by atoms with van der Waals surface area (Å²) >= 11 is 1.72. The second kappa shape index (κ2) is 13.6. The van der Waals surface area contributed by atoms with E-state index in [0.717, 1.165) is 22.6 Å². The van der Waals surface area contributed by atoms with E-state index in [-0.39, 0.29) is 27.2 Å². The Morgan fingerprint density at radius 2 is 0.940 bits per heavy atom. The molecule has 6 heteroatoms. The van der Waals surface area contributed by atoms with E-state index in [1.807, 2.05) is 12.1 Å². The summed E-state index contributed by atoms with van der Waals surface area (Å²) in [6.45, 7) is 22.8. The molecule has 2 N–H and O–H groups in total. The van der Waals surface area contributed by atoms with Crippen molar-refractivity contribution in [2.24, 2.45) is 0 Å². The summed E-state index contributed by atoms with van der Waals surface area (Å²) in [6, 6.07) is 22.8. The van der Waals surface area contributed by atoms with E-state index in [0.29, 0.717) is 11.3 Å². The number of fused-ring (bicyclic) bond motifs is 2. The molecule has 0 saturated carbocycles. The van der Waals surface area contributed by atoms with E-state index in [4.69, 9.17) is 14.9 Å². The topological polar surface area (TPSA) is 83.8 Å². The molecule has 0 saturated heterocycles. The van der Waals surface area contributed by atoms with Crippen LogP contribution in [0.4, 0.5) is 0 Å². The van der Waals surface area contributed by atoms with Gasteiger partial charge in [-0.15, -0.1) is 0 Å². The minimum atomic E-state index is -0.930. The van der Waals surface area contributed by atoms with Gasteiger partial charge >= 0.3 is 11.9 Å². The number of rotatable bonds is 6. The Morgan fingerprint density at radius 1 is 0.560 bits per heavy atom. The summed E-state index contributed by atoms with van der Waals surface area (Å²) in [7, 11) is 0. The molecule has 2 aliphatic rings. The first-order valence-corrected chi connectivity index (χ1v) is 18.4. The fourth-order valence-corrected chi connectivity index (χ4v) is 8.13. The molecule has 0 aromatic heterocycles. The Kier molecular flexibility index (Phi) is 10.1. The van der Waals surface area contributed by atoms with Gasteiger partial charge in [-0.05, 0) is 155 Å². The van der Waals surface area contributed by atoms with Crippen molar-refractivity contribution in [1.82, 2.24) is 0 Å². The van der Waals surface area contributed by atoms with Crippen LogP contribution in [0.5, 0.6) is 11.5 Å². The van der Waals surface area contributed by atoms with E-state index in [9.17, 15) is 9.59 Å². The highest BCUT2D eigenvalue weighted by molar-refractivity contribution is 7.99. The summed E-state index contributed by atoms with van der Waals surface area (Å²) in [6.07, 6.45) is 4.76. The SMILES string of the molecule is Cc1cc2c(cc1Oc1ccc(C(=O)O)cc1)C(C)(C)CCC2(C)C.Cc1cc2c(cc1Sc1ccc(C(=O)O)cc1)C(C)(C)CCC2(C)C. The number of benzene rings is 4. The number of hydrogen-bond donors (Lipinski definition) is 2. The lowest BCUT2D eigenvalue weighted by Gasteiger charge is -2.42. The smallest absolute Gasteiger partial charge is 0.335 e. The zero-order chi connectivity index (χ0) is 36.8. The quantitative estimate of drug-likeness (QED) is 0.209. The minimum Gasteiger partial charge on any atom is -0.478 e. The molecule has 0 unspecified atom stereocenters. The molecule has 264 valence electrons. The van der Waals surface area contributed by atoms with Crippen molar-refractivity contribution in [3.8, 4) is 11.5 Å². The van der Waals surface area contributed by atoms with Crippen LogP contribution in [0.1, 0.15) is 135 Å². The highest BCUT2D eigenvalue weighted by Crippen LogP contribution is 2.49. The fourth-order valence-electron chi connectivity index (χ4n) is 7.21. The van der Waals surface area contributed by atoms with Gasteiger partial charge in [0.2, 0.25) is 0 Å². The van der Waals surface area contributed by atoms with Crippen LogP contribution in [0, 0.1) is 13.8 Å². The maximum absolute atomic E-state index is 11.0. The first kappa shape index (κ1) is 37.2. The lowest BCUT2D eigenvalue weighted by Crippen LogP contribution is -2.34. The van der Waals surface area contributed by atoms with Crippen molar-refractivity contribution in [3.05, 3.63) is 117 Å². The van der Waals surface area contributed by atoms with Gasteiger partial charge in [-0.1, -0.05) is 79.3 Å². The van der Waals surface area contributed by atoms with Crippen molar-refractivity contribution < 1.29 is 24.5 Å². The molecule has 0 bridgehead atoms. The van der Waals surface area contributed by atoms with Crippen molar-refractivity contribution in [1.29, 1.82) is 0 Å². The normalized spacial score (nSPS) is 17.7. The van der Waals surface area contributed by atoms with Crippen molar-refractivity contribution in [3.63, 3.8) is 0 Å². The molecular weight excluding hydrogens is 641 g/mol.